The third kappa shape index (κ3) is 4.57. The number of hydrogen-bond acceptors (Lipinski definition) is 6. The molecule has 0 unspecified atom stereocenters. The lowest BCUT2D eigenvalue weighted by Crippen LogP contribution is -2.29. The number of H-pyrrole nitrogens is 2. The molecule has 1 heterocycles. The maximum atomic E-state index is 11.8. The van der Waals surface area contributed by atoms with Crippen LogP contribution >= 0.6 is 0 Å². The summed E-state index contributed by atoms with van der Waals surface area (Å²) < 4.78 is 5.06. The summed E-state index contributed by atoms with van der Waals surface area (Å²) in [4.78, 5) is 33.7. The summed E-state index contributed by atoms with van der Waals surface area (Å²) in [5.74, 6) is -1.52. The molecule has 9 heteroatoms. The van der Waals surface area contributed by atoms with Crippen molar-refractivity contribution < 1.29 is 19.4 Å². The molecular weight excluding hydrogens is 316 g/mol. The van der Waals surface area contributed by atoms with E-state index >= 15 is 0 Å². The molecule has 2 rings (SSSR count). The molecule has 0 radical (unpaired) electrons. The number of amides is 1. The van der Waals surface area contributed by atoms with Gasteiger partial charge in [-0.3, -0.25) is 14.7 Å². The SMILES string of the molecule is Cc1[nH][nH]c(=O)c1CC(=O)NN=Cc1ccccc1OCC(=O)[O-]. The Kier molecular flexibility index (Phi) is 5.50. The number of carboxylic acid groups (broad SMARTS) is 1. The molecule has 0 saturated heterocycles. The molecule has 1 aromatic carbocycles. The van der Waals surface area contributed by atoms with E-state index in [-0.39, 0.29) is 17.7 Å². The van der Waals surface area contributed by atoms with Crippen LogP contribution in [0.2, 0.25) is 0 Å². The van der Waals surface area contributed by atoms with Crippen LogP contribution < -0.4 is 20.8 Å². The van der Waals surface area contributed by atoms with Crippen molar-refractivity contribution in [3.63, 3.8) is 0 Å². The van der Waals surface area contributed by atoms with E-state index in [2.05, 4.69) is 20.7 Å². The second-order valence-electron chi connectivity index (χ2n) is 4.85. The number of ether oxygens (including phenoxy) is 1. The lowest BCUT2D eigenvalue weighted by Gasteiger charge is -2.08. The van der Waals surface area contributed by atoms with Gasteiger partial charge in [0.25, 0.3) is 5.56 Å². The predicted octanol–water partition coefficient (Wildman–Crippen LogP) is -1.17. The fourth-order valence-electron chi connectivity index (χ4n) is 1.91. The van der Waals surface area contributed by atoms with E-state index in [1.807, 2.05) is 0 Å². The highest BCUT2D eigenvalue weighted by Gasteiger charge is 2.10. The van der Waals surface area contributed by atoms with Gasteiger partial charge >= 0.3 is 0 Å². The van der Waals surface area contributed by atoms with Crippen LogP contribution in [0.4, 0.5) is 0 Å². The zero-order chi connectivity index (χ0) is 17.5. The number of aromatic nitrogens is 2. The van der Waals surface area contributed by atoms with Crippen LogP contribution in [0.1, 0.15) is 16.8 Å². The normalized spacial score (nSPS) is 10.7. The van der Waals surface area contributed by atoms with Crippen LogP contribution in [0.15, 0.2) is 34.2 Å². The van der Waals surface area contributed by atoms with Crippen molar-refractivity contribution in [2.75, 3.05) is 6.61 Å². The molecule has 0 aliphatic carbocycles. The number of nitrogens with zero attached hydrogens (tertiary/aromatic N) is 1. The topological polar surface area (TPSA) is 139 Å². The van der Waals surface area contributed by atoms with E-state index in [1.165, 1.54) is 6.21 Å². The number of aliphatic carboxylic acids is 1. The minimum absolute atomic E-state index is 0.120. The van der Waals surface area contributed by atoms with Gasteiger partial charge in [0.1, 0.15) is 12.4 Å². The number of aryl methyl sites for hydroxylation is 1. The smallest absolute Gasteiger partial charge is 0.267 e. The summed E-state index contributed by atoms with van der Waals surface area (Å²) in [7, 11) is 0. The van der Waals surface area contributed by atoms with Gasteiger partial charge in [0.05, 0.1) is 18.6 Å². The first-order chi connectivity index (χ1) is 11.5. The highest BCUT2D eigenvalue weighted by molar-refractivity contribution is 5.85. The van der Waals surface area contributed by atoms with Gasteiger partial charge in [0.15, 0.2) is 0 Å². The summed E-state index contributed by atoms with van der Waals surface area (Å²) in [6.07, 6.45) is 1.20. The minimum Gasteiger partial charge on any atom is -0.546 e. The summed E-state index contributed by atoms with van der Waals surface area (Å²) >= 11 is 0. The number of aromatic amines is 2. The predicted molar refractivity (Wildman–Crippen MR) is 82.5 cm³/mol. The molecule has 0 aliphatic heterocycles. The molecule has 0 aliphatic rings. The first-order valence-corrected chi connectivity index (χ1v) is 6.97. The number of rotatable bonds is 7. The number of benzene rings is 1. The van der Waals surface area contributed by atoms with Gasteiger partial charge in [-0.1, -0.05) is 12.1 Å². The fourth-order valence-corrected chi connectivity index (χ4v) is 1.91. The van der Waals surface area contributed by atoms with Crippen molar-refractivity contribution in [3.8, 4) is 5.75 Å². The molecule has 126 valence electrons. The fraction of sp³-hybridized carbons (Fsp3) is 0.200. The first kappa shape index (κ1) is 17.0. The van der Waals surface area contributed by atoms with E-state index in [9.17, 15) is 19.5 Å². The van der Waals surface area contributed by atoms with E-state index in [4.69, 9.17) is 4.74 Å². The summed E-state index contributed by atoms with van der Waals surface area (Å²) in [5.41, 5.74) is 3.34. The summed E-state index contributed by atoms with van der Waals surface area (Å²) in [6.45, 7) is 1.08. The number of carbonyl (C=O) groups is 2. The summed E-state index contributed by atoms with van der Waals surface area (Å²) in [5, 5.41) is 19.2. The molecule has 1 amide bonds. The molecule has 0 saturated carbocycles. The van der Waals surface area contributed by atoms with Gasteiger partial charge in [-0.25, -0.2) is 5.43 Å². The van der Waals surface area contributed by atoms with Gasteiger partial charge in [-0.05, 0) is 19.1 Å². The number of hydrazone groups is 1. The lowest BCUT2D eigenvalue weighted by molar-refractivity contribution is -0.307. The molecule has 1 aromatic heterocycles. The zero-order valence-corrected chi connectivity index (χ0v) is 12.8. The summed E-state index contributed by atoms with van der Waals surface area (Å²) in [6, 6.07) is 6.58. The molecule has 0 fully saturated rings. The van der Waals surface area contributed by atoms with Crippen molar-refractivity contribution in [1.82, 2.24) is 15.6 Å². The monoisotopic (exact) mass is 331 g/mol. The average Bonchev–Trinajstić information content (AvgIpc) is 2.86. The van der Waals surface area contributed by atoms with Crippen LogP contribution in [0.5, 0.6) is 5.75 Å². The third-order valence-electron chi connectivity index (χ3n) is 3.09. The van der Waals surface area contributed by atoms with E-state index in [0.29, 0.717) is 16.8 Å². The van der Waals surface area contributed by atoms with E-state index in [0.717, 1.165) is 0 Å². The lowest BCUT2D eigenvalue weighted by atomic mass is 10.2. The van der Waals surface area contributed by atoms with E-state index < -0.39 is 18.5 Å². The van der Waals surface area contributed by atoms with Gasteiger partial charge in [-0.2, -0.15) is 5.10 Å². The van der Waals surface area contributed by atoms with Crippen molar-refractivity contribution in [3.05, 3.63) is 51.4 Å². The van der Waals surface area contributed by atoms with Crippen LogP contribution in [0.25, 0.3) is 0 Å². The number of hydrogen-bond donors (Lipinski definition) is 3. The maximum absolute atomic E-state index is 11.8. The number of nitrogens with one attached hydrogen (secondary N) is 3. The zero-order valence-electron chi connectivity index (χ0n) is 12.8. The van der Waals surface area contributed by atoms with Crippen LogP contribution in [0, 0.1) is 6.92 Å². The molecule has 24 heavy (non-hydrogen) atoms. The number of carbonyl (C=O) groups excluding carboxylic acids is 2. The Morgan fingerprint density at radius 1 is 1.33 bits per heavy atom. The Bertz CT molecular complexity index is 821. The molecule has 2 aromatic rings. The Morgan fingerprint density at radius 2 is 2.08 bits per heavy atom. The van der Waals surface area contributed by atoms with Gasteiger partial charge in [0.2, 0.25) is 5.91 Å². The van der Waals surface area contributed by atoms with Crippen molar-refractivity contribution >= 4 is 18.1 Å². The van der Waals surface area contributed by atoms with Gasteiger partial charge < -0.3 is 19.7 Å². The first-order valence-electron chi connectivity index (χ1n) is 6.97. The Hall–Kier alpha value is -3.36. The van der Waals surface area contributed by atoms with Crippen molar-refractivity contribution in [1.29, 1.82) is 0 Å². The number of para-hydroxylation sites is 1. The van der Waals surface area contributed by atoms with Crippen LogP contribution in [-0.2, 0) is 16.0 Å². The van der Waals surface area contributed by atoms with Gasteiger partial charge in [0, 0.05) is 16.8 Å². The van der Waals surface area contributed by atoms with Crippen LogP contribution in [0.3, 0.4) is 0 Å². The Balaban J connectivity index is 1.97. The largest absolute Gasteiger partial charge is 0.546 e. The Morgan fingerprint density at radius 3 is 2.75 bits per heavy atom. The quantitative estimate of drug-likeness (QED) is 0.433. The van der Waals surface area contributed by atoms with Crippen molar-refractivity contribution in [2.45, 2.75) is 13.3 Å². The second kappa shape index (κ2) is 7.77. The molecule has 0 spiro atoms. The van der Waals surface area contributed by atoms with Crippen molar-refractivity contribution in [2.24, 2.45) is 5.10 Å². The number of carboxylic acids is 1. The minimum atomic E-state index is -1.35. The van der Waals surface area contributed by atoms with E-state index in [1.54, 1.807) is 31.2 Å². The molecular formula is C15H15N4O5-. The Labute approximate surface area is 136 Å². The van der Waals surface area contributed by atoms with Crippen LogP contribution in [-0.4, -0.2) is 34.9 Å². The molecule has 0 atom stereocenters. The average molecular weight is 331 g/mol. The second-order valence-corrected chi connectivity index (χ2v) is 4.85. The maximum Gasteiger partial charge on any atom is 0.267 e. The van der Waals surface area contributed by atoms with Gasteiger partial charge in [-0.15, -0.1) is 0 Å². The third-order valence-corrected chi connectivity index (χ3v) is 3.09. The highest BCUT2D eigenvalue weighted by Crippen LogP contribution is 2.15. The highest BCUT2D eigenvalue weighted by atomic mass is 16.5. The molecule has 0 bridgehead atoms. The molecule has 3 N–H and O–H groups in total. The standard InChI is InChI=1S/C15H16N4O5/c1-9-11(15(23)19-17-9)6-13(20)18-16-7-10-4-2-3-5-12(10)24-8-14(21)22/h2-5,7H,6,8H2,1H3,(H,18,20)(H,21,22)(H2,17,19,23)/p-1. The molecule has 9 nitrogen and oxygen atoms in total.